The predicted molar refractivity (Wildman–Crippen MR) is 80.7 cm³/mol. The van der Waals surface area contributed by atoms with Crippen LogP contribution < -0.4 is 5.32 Å². The topological polar surface area (TPSA) is 97.7 Å². The van der Waals surface area contributed by atoms with Gasteiger partial charge in [-0.25, -0.2) is 0 Å². The van der Waals surface area contributed by atoms with E-state index in [0.717, 1.165) is 29.9 Å². The van der Waals surface area contributed by atoms with E-state index in [9.17, 15) is 4.79 Å². The minimum absolute atomic E-state index is 0.0687. The Bertz CT molecular complexity index is 732. The molecule has 0 unspecified atom stereocenters. The van der Waals surface area contributed by atoms with Gasteiger partial charge in [-0.15, -0.1) is 10.2 Å². The summed E-state index contributed by atoms with van der Waals surface area (Å²) in [5, 5.41) is 18.1. The first kappa shape index (κ1) is 14.4. The van der Waals surface area contributed by atoms with Crippen molar-refractivity contribution in [2.45, 2.75) is 57.9 Å². The molecule has 0 bridgehead atoms. The van der Waals surface area contributed by atoms with E-state index in [-0.39, 0.29) is 18.1 Å². The maximum Gasteiger partial charge on any atom is 0.272 e. The van der Waals surface area contributed by atoms with Crippen molar-refractivity contribution in [1.29, 1.82) is 0 Å². The highest BCUT2D eigenvalue weighted by molar-refractivity contribution is 5.94. The van der Waals surface area contributed by atoms with Gasteiger partial charge in [0.15, 0.2) is 11.5 Å². The molecule has 122 valence electrons. The number of fused-ring (bicyclic) bond motifs is 1. The van der Waals surface area contributed by atoms with Crippen LogP contribution in [0.1, 0.15) is 66.4 Å². The van der Waals surface area contributed by atoms with Crippen molar-refractivity contribution in [3.63, 3.8) is 0 Å². The summed E-state index contributed by atoms with van der Waals surface area (Å²) in [6, 6.07) is 0.494. The Balaban J connectivity index is 1.48. The fraction of sp³-hybridized carbons (Fsp3) is 0.600. The Hall–Kier alpha value is -2.22. The van der Waals surface area contributed by atoms with Crippen LogP contribution in [0.25, 0.3) is 0 Å². The molecule has 1 amide bonds. The summed E-state index contributed by atoms with van der Waals surface area (Å²) in [6.45, 7) is 4.33. The zero-order valence-electron chi connectivity index (χ0n) is 13.2. The number of carbonyl (C=O) groups is 1. The molecule has 2 aromatic rings. The maximum absolute atomic E-state index is 12.5. The standard InChI is InChI=1S/C15H20N6O2/c1-8-5-11-13(9(2)23-8)19-20-14(11)15(22)16-6-12-18-17-7-21(12)10-3-4-10/h7-10H,3-6H2,1-2H3,(H,16,22)(H,19,20)/t8-,9+/m1/s1. The first-order valence-corrected chi connectivity index (χ1v) is 8.02. The van der Waals surface area contributed by atoms with Crippen LogP contribution in [-0.4, -0.2) is 37.0 Å². The average Bonchev–Trinajstić information content (AvgIpc) is 3.09. The largest absolute Gasteiger partial charge is 0.369 e. The van der Waals surface area contributed by atoms with Gasteiger partial charge < -0.3 is 14.6 Å². The first-order valence-electron chi connectivity index (χ1n) is 8.02. The molecule has 2 atom stereocenters. The van der Waals surface area contributed by atoms with E-state index in [1.165, 1.54) is 0 Å². The molecule has 8 nitrogen and oxygen atoms in total. The molecule has 1 aliphatic heterocycles. The van der Waals surface area contributed by atoms with E-state index in [2.05, 4.69) is 25.7 Å². The number of hydrogen-bond acceptors (Lipinski definition) is 5. The lowest BCUT2D eigenvalue weighted by molar-refractivity contribution is -0.00697. The molecule has 0 spiro atoms. The summed E-state index contributed by atoms with van der Waals surface area (Å²) in [4.78, 5) is 12.5. The van der Waals surface area contributed by atoms with E-state index in [4.69, 9.17) is 4.74 Å². The monoisotopic (exact) mass is 316 g/mol. The van der Waals surface area contributed by atoms with Gasteiger partial charge in [0.2, 0.25) is 0 Å². The van der Waals surface area contributed by atoms with Gasteiger partial charge in [0.1, 0.15) is 6.33 Å². The molecular formula is C15H20N6O2. The second-order valence-corrected chi connectivity index (χ2v) is 6.33. The van der Waals surface area contributed by atoms with Gasteiger partial charge in [0, 0.05) is 18.0 Å². The van der Waals surface area contributed by atoms with Gasteiger partial charge >= 0.3 is 0 Å². The third-order valence-corrected chi connectivity index (χ3v) is 4.44. The quantitative estimate of drug-likeness (QED) is 0.885. The van der Waals surface area contributed by atoms with Crippen molar-refractivity contribution in [1.82, 2.24) is 30.3 Å². The van der Waals surface area contributed by atoms with E-state index < -0.39 is 0 Å². The molecule has 2 aromatic heterocycles. The number of nitrogens with zero attached hydrogens (tertiary/aromatic N) is 4. The first-order chi connectivity index (χ1) is 11.1. The highest BCUT2D eigenvalue weighted by Crippen LogP contribution is 2.35. The van der Waals surface area contributed by atoms with Crippen LogP contribution in [0.5, 0.6) is 0 Å². The molecule has 23 heavy (non-hydrogen) atoms. The normalized spacial score (nSPS) is 23.6. The molecule has 2 N–H and O–H groups in total. The molecule has 1 aliphatic carbocycles. The maximum atomic E-state index is 12.5. The van der Waals surface area contributed by atoms with Crippen molar-refractivity contribution < 1.29 is 9.53 Å². The molecular weight excluding hydrogens is 296 g/mol. The number of hydrogen-bond donors (Lipinski definition) is 2. The molecule has 0 aromatic carbocycles. The van der Waals surface area contributed by atoms with Crippen LogP contribution in [0.15, 0.2) is 6.33 Å². The summed E-state index contributed by atoms with van der Waals surface area (Å²) in [7, 11) is 0. The minimum Gasteiger partial charge on any atom is -0.369 e. The zero-order chi connectivity index (χ0) is 16.0. The lowest BCUT2D eigenvalue weighted by atomic mass is 9.99. The number of aromatic nitrogens is 5. The Morgan fingerprint density at radius 3 is 3.09 bits per heavy atom. The van der Waals surface area contributed by atoms with E-state index in [1.807, 2.05) is 18.4 Å². The van der Waals surface area contributed by atoms with Crippen molar-refractivity contribution in [2.24, 2.45) is 0 Å². The predicted octanol–water partition coefficient (Wildman–Crippen LogP) is 1.29. The smallest absolute Gasteiger partial charge is 0.272 e. The number of rotatable bonds is 4. The summed E-state index contributed by atoms with van der Waals surface area (Å²) in [5.41, 5.74) is 2.31. The Kier molecular flexibility index (Phi) is 3.41. The lowest BCUT2D eigenvalue weighted by Crippen LogP contribution is -2.28. The highest BCUT2D eigenvalue weighted by atomic mass is 16.5. The number of aromatic amines is 1. The molecule has 0 saturated heterocycles. The fourth-order valence-electron chi connectivity index (χ4n) is 3.16. The summed E-state index contributed by atoms with van der Waals surface area (Å²) in [5.74, 6) is 0.601. The number of ether oxygens (including phenoxy) is 1. The Morgan fingerprint density at radius 1 is 1.48 bits per heavy atom. The molecule has 3 heterocycles. The highest BCUT2D eigenvalue weighted by Gasteiger charge is 2.30. The van der Waals surface area contributed by atoms with Crippen LogP contribution in [-0.2, 0) is 17.7 Å². The minimum atomic E-state index is -0.186. The number of carbonyl (C=O) groups excluding carboxylic acids is 1. The summed E-state index contributed by atoms with van der Waals surface area (Å²) >= 11 is 0. The van der Waals surface area contributed by atoms with Gasteiger partial charge in [-0.1, -0.05) is 0 Å². The molecule has 1 saturated carbocycles. The summed E-state index contributed by atoms with van der Waals surface area (Å²) in [6.07, 6.45) is 4.75. The average molecular weight is 316 g/mol. The molecule has 1 fully saturated rings. The van der Waals surface area contributed by atoms with Gasteiger partial charge in [-0.2, -0.15) is 5.10 Å². The Labute approximate surface area is 133 Å². The van der Waals surface area contributed by atoms with E-state index >= 15 is 0 Å². The Morgan fingerprint density at radius 2 is 2.30 bits per heavy atom. The number of H-pyrrole nitrogens is 1. The third kappa shape index (κ3) is 2.63. The zero-order valence-corrected chi connectivity index (χ0v) is 13.2. The summed E-state index contributed by atoms with van der Waals surface area (Å²) < 4.78 is 7.79. The van der Waals surface area contributed by atoms with Crippen molar-refractivity contribution in [3.05, 3.63) is 29.1 Å². The van der Waals surface area contributed by atoms with Gasteiger partial charge in [-0.05, 0) is 26.7 Å². The fourth-order valence-corrected chi connectivity index (χ4v) is 3.16. The second-order valence-electron chi connectivity index (χ2n) is 6.33. The van der Waals surface area contributed by atoms with Gasteiger partial charge in [0.05, 0.1) is 24.4 Å². The van der Waals surface area contributed by atoms with Crippen LogP contribution in [0, 0.1) is 0 Å². The van der Waals surface area contributed by atoms with Crippen molar-refractivity contribution >= 4 is 5.91 Å². The van der Waals surface area contributed by atoms with Crippen molar-refractivity contribution in [2.75, 3.05) is 0 Å². The van der Waals surface area contributed by atoms with E-state index in [0.29, 0.717) is 24.7 Å². The number of amides is 1. The third-order valence-electron chi connectivity index (χ3n) is 4.44. The molecule has 0 radical (unpaired) electrons. The van der Waals surface area contributed by atoms with Crippen molar-refractivity contribution in [3.8, 4) is 0 Å². The molecule has 4 rings (SSSR count). The van der Waals surface area contributed by atoms with Gasteiger partial charge in [0.25, 0.3) is 5.91 Å². The lowest BCUT2D eigenvalue weighted by Gasteiger charge is -2.25. The SMILES string of the molecule is C[C@@H]1Cc2c(C(=O)NCc3nncn3C3CC3)n[nH]c2[C@H](C)O1. The van der Waals surface area contributed by atoms with E-state index in [1.54, 1.807) is 6.33 Å². The molecule has 2 aliphatic rings. The van der Waals surface area contributed by atoms with Crippen LogP contribution >= 0.6 is 0 Å². The second kappa shape index (κ2) is 5.45. The molecule has 8 heteroatoms. The van der Waals surface area contributed by atoms with Crippen LogP contribution in [0.3, 0.4) is 0 Å². The number of nitrogens with one attached hydrogen (secondary N) is 2. The van der Waals surface area contributed by atoms with Crippen LogP contribution in [0.2, 0.25) is 0 Å². The van der Waals surface area contributed by atoms with Gasteiger partial charge in [-0.3, -0.25) is 9.89 Å². The van der Waals surface area contributed by atoms with Crippen LogP contribution in [0.4, 0.5) is 0 Å².